The summed E-state index contributed by atoms with van der Waals surface area (Å²) in [6, 6.07) is 6.43. The molecule has 0 aromatic heterocycles. The average molecular weight is 384 g/mol. The minimum atomic E-state index is -5.08. The van der Waals surface area contributed by atoms with Crippen LogP contribution in [0.15, 0.2) is 23.2 Å². The third kappa shape index (κ3) is 4.67. The first kappa shape index (κ1) is 18.7. The van der Waals surface area contributed by atoms with Gasteiger partial charge in [-0.1, -0.05) is 29.3 Å². The Morgan fingerprint density at radius 2 is 1.62 bits per heavy atom. The van der Waals surface area contributed by atoms with E-state index in [2.05, 4.69) is 15.6 Å². The molecule has 1 aliphatic heterocycles. The van der Waals surface area contributed by atoms with Gasteiger partial charge in [-0.3, -0.25) is 0 Å². The smallest absolute Gasteiger partial charge is 0.475 e. The highest BCUT2D eigenvalue weighted by atomic mass is 35.5. The number of rotatable bonds is 1. The average Bonchev–Trinajstić information content (AvgIpc) is 3.03. The Balaban J connectivity index is 0.000000256. The maximum atomic E-state index is 10.6. The summed E-state index contributed by atoms with van der Waals surface area (Å²) >= 11 is 12.2. The molecule has 1 aromatic rings. The number of carboxylic acid groups (broad SMARTS) is 1. The van der Waals surface area contributed by atoms with Crippen molar-refractivity contribution in [3.63, 3.8) is 0 Å². The van der Waals surface area contributed by atoms with E-state index in [1.807, 2.05) is 6.07 Å². The molecule has 1 aliphatic carbocycles. The van der Waals surface area contributed by atoms with Crippen molar-refractivity contribution < 1.29 is 23.1 Å². The van der Waals surface area contributed by atoms with Crippen LogP contribution in [0, 0.1) is 0 Å². The molecule has 0 bridgehead atoms. The number of carbonyl (C=O) groups is 1. The van der Waals surface area contributed by atoms with Gasteiger partial charge < -0.3 is 15.7 Å². The van der Waals surface area contributed by atoms with Gasteiger partial charge in [-0.25, -0.2) is 9.79 Å². The van der Waals surface area contributed by atoms with Crippen molar-refractivity contribution in [3.05, 3.63) is 28.2 Å². The molecular formula is C14H14Cl2F3N3O2. The van der Waals surface area contributed by atoms with Crippen molar-refractivity contribution in [2.24, 2.45) is 4.99 Å². The molecule has 0 unspecified atom stereocenters. The molecule has 1 heterocycles. The van der Waals surface area contributed by atoms with Gasteiger partial charge in [-0.2, -0.15) is 13.2 Å². The van der Waals surface area contributed by atoms with Crippen molar-refractivity contribution in [1.82, 2.24) is 10.6 Å². The number of fused-ring (bicyclic) bond motifs is 1. The molecule has 0 spiro atoms. The van der Waals surface area contributed by atoms with Crippen LogP contribution >= 0.6 is 23.2 Å². The molecule has 2 atom stereocenters. The lowest BCUT2D eigenvalue weighted by Crippen LogP contribution is -2.27. The number of nitrogens with one attached hydrogen (secondary N) is 2. The number of carboxylic acids is 1. The molecule has 132 valence electrons. The fourth-order valence-corrected chi connectivity index (χ4v) is 2.95. The summed E-state index contributed by atoms with van der Waals surface area (Å²) in [7, 11) is 0. The van der Waals surface area contributed by atoms with Crippen molar-refractivity contribution in [2.45, 2.75) is 37.5 Å². The topological polar surface area (TPSA) is 73.7 Å². The Bertz CT molecular complexity index is 618. The van der Waals surface area contributed by atoms with Crippen LogP contribution in [0.5, 0.6) is 0 Å². The number of alkyl halides is 3. The molecule has 1 saturated carbocycles. The third-order valence-corrected chi connectivity index (χ3v) is 4.17. The van der Waals surface area contributed by atoms with Gasteiger partial charge in [0.05, 0.1) is 10.0 Å². The predicted octanol–water partition coefficient (Wildman–Crippen LogP) is 3.73. The van der Waals surface area contributed by atoms with Gasteiger partial charge in [-0.05, 0) is 31.4 Å². The highest BCUT2D eigenvalue weighted by Gasteiger charge is 2.38. The Labute approximate surface area is 145 Å². The lowest BCUT2D eigenvalue weighted by Gasteiger charge is -2.05. The molecule has 1 aromatic carbocycles. The van der Waals surface area contributed by atoms with Gasteiger partial charge in [0.15, 0.2) is 5.96 Å². The minimum Gasteiger partial charge on any atom is -0.475 e. The highest BCUT2D eigenvalue weighted by molar-refractivity contribution is 6.38. The summed E-state index contributed by atoms with van der Waals surface area (Å²) < 4.78 is 31.7. The Morgan fingerprint density at radius 3 is 2.04 bits per heavy atom. The van der Waals surface area contributed by atoms with Crippen LogP contribution in [0.4, 0.5) is 18.9 Å². The molecule has 0 radical (unpaired) electrons. The Kier molecular flexibility index (Phi) is 5.82. The second-order valence-electron chi connectivity index (χ2n) is 5.27. The molecule has 1 saturated heterocycles. The van der Waals surface area contributed by atoms with E-state index in [1.54, 1.807) is 12.1 Å². The van der Waals surface area contributed by atoms with Gasteiger partial charge >= 0.3 is 12.1 Å². The van der Waals surface area contributed by atoms with Gasteiger partial charge in [0, 0.05) is 12.1 Å². The summed E-state index contributed by atoms with van der Waals surface area (Å²) in [4.78, 5) is 13.4. The summed E-state index contributed by atoms with van der Waals surface area (Å²) in [5, 5.41) is 15.0. The maximum Gasteiger partial charge on any atom is 0.490 e. The number of guanidine groups is 1. The van der Waals surface area contributed by atoms with E-state index in [-0.39, 0.29) is 0 Å². The zero-order chi connectivity index (χ0) is 17.9. The van der Waals surface area contributed by atoms with Crippen LogP contribution in [0.2, 0.25) is 10.0 Å². The fourth-order valence-electron chi connectivity index (χ4n) is 2.47. The zero-order valence-electron chi connectivity index (χ0n) is 12.2. The van der Waals surface area contributed by atoms with E-state index in [0.717, 1.165) is 5.96 Å². The maximum absolute atomic E-state index is 10.6. The van der Waals surface area contributed by atoms with Gasteiger partial charge in [-0.15, -0.1) is 0 Å². The molecule has 3 rings (SSSR count). The van der Waals surface area contributed by atoms with Crippen LogP contribution in [0.25, 0.3) is 0 Å². The summed E-state index contributed by atoms with van der Waals surface area (Å²) in [6.45, 7) is 0. The van der Waals surface area contributed by atoms with E-state index in [9.17, 15) is 13.2 Å². The van der Waals surface area contributed by atoms with Gasteiger partial charge in [0.2, 0.25) is 0 Å². The standard InChI is InChI=1S/C12H13Cl2N3.C2HF3O2/c13-7-3-1-4-8(14)11(7)17-12-15-9-5-2-6-10(9)16-12;3-2(4,5)1(6)7/h1,3-4,9-10H,2,5-6H2,(H2,15,16,17);(H,6,7)/t9-,10-;/m0./s1. The van der Waals surface area contributed by atoms with Crippen LogP contribution in [-0.4, -0.2) is 35.3 Å². The van der Waals surface area contributed by atoms with Crippen molar-refractivity contribution >= 4 is 40.8 Å². The van der Waals surface area contributed by atoms with Gasteiger partial charge in [0.25, 0.3) is 0 Å². The molecule has 3 N–H and O–H groups in total. The summed E-state index contributed by atoms with van der Waals surface area (Å²) in [6.07, 6.45) is -1.41. The van der Waals surface area contributed by atoms with E-state index >= 15 is 0 Å². The lowest BCUT2D eigenvalue weighted by atomic mass is 10.2. The lowest BCUT2D eigenvalue weighted by molar-refractivity contribution is -0.192. The number of hydrogen-bond acceptors (Lipinski definition) is 2. The Morgan fingerprint density at radius 1 is 1.17 bits per heavy atom. The van der Waals surface area contributed by atoms with Gasteiger partial charge in [0.1, 0.15) is 5.69 Å². The van der Waals surface area contributed by atoms with Crippen LogP contribution < -0.4 is 10.6 Å². The molecule has 5 nitrogen and oxygen atoms in total. The molecule has 2 aliphatic rings. The third-order valence-electron chi connectivity index (χ3n) is 3.56. The number of hydrogen-bond donors (Lipinski definition) is 3. The normalized spacial score (nSPS) is 22.0. The summed E-state index contributed by atoms with van der Waals surface area (Å²) in [5.41, 5.74) is 0.630. The largest absolute Gasteiger partial charge is 0.490 e. The second-order valence-corrected chi connectivity index (χ2v) is 6.08. The molecular weight excluding hydrogens is 370 g/mol. The van der Waals surface area contributed by atoms with E-state index < -0.39 is 12.1 Å². The van der Waals surface area contributed by atoms with Crippen molar-refractivity contribution in [3.8, 4) is 0 Å². The highest BCUT2D eigenvalue weighted by Crippen LogP contribution is 2.33. The fraction of sp³-hybridized carbons (Fsp3) is 0.429. The first-order valence-electron chi connectivity index (χ1n) is 7.04. The zero-order valence-corrected chi connectivity index (χ0v) is 13.7. The minimum absolute atomic E-state index is 0.509. The number of nitrogens with zero attached hydrogens (tertiary/aromatic N) is 1. The van der Waals surface area contributed by atoms with Crippen molar-refractivity contribution in [1.29, 1.82) is 0 Å². The van der Waals surface area contributed by atoms with Crippen LogP contribution in [-0.2, 0) is 4.79 Å². The molecule has 0 amide bonds. The number of halogens is 5. The number of para-hydroxylation sites is 1. The Hall–Kier alpha value is -1.67. The predicted molar refractivity (Wildman–Crippen MR) is 84.9 cm³/mol. The first-order chi connectivity index (χ1) is 11.2. The number of aliphatic imine (C=N–C) groups is 1. The van der Waals surface area contributed by atoms with Crippen molar-refractivity contribution in [2.75, 3.05) is 0 Å². The number of aliphatic carboxylic acids is 1. The van der Waals surface area contributed by atoms with E-state index in [1.165, 1.54) is 19.3 Å². The molecule has 2 fully saturated rings. The second kappa shape index (κ2) is 7.48. The van der Waals surface area contributed by atoms with E-state index in [0.29, 0.717) is 27.8 Å². The molecule has 10 heteroatoms. The van der Waals surface area contributed by atoms with Crippen LogP contribution in [0.1, 0.15) is 19.3 Å². The molecule has 24 heavy (non-hydrogen) atoms. The quantitative estimate of drug-likeness (QED) is 0.690. The van der Waals surface area contributed by atoms with Crippen LogP contribution in [0.3, 0.4) is 0 Å². The monoisotopic (exact) mass is 383 g/mol. The SMILES string of the molecule is Clc1cccc(Cl)c1N=C1N[C@H]2CCC[C@@H]2N1.O=C(O)C(F)(F)F. The number of benzene rings is 1. The summed E-state index contributed by atoms with van der Waals surface area (Å²) in [5.74, 6) is -1.97. The van der Waals surface area contributed by atoms with E-state index in [4.69, 9.17) is 33.1 Å². The first-order valence-corrected chi connectivity index (χ1v) is 7.80.